The van der Waals surface area contributed by atoms with Gasteiger partial charge < -0.3 is 15.5 Å². The van der Waals surface area contributed by atoms with Crippen molar-refractivity contribution in [2.24, 2.45) is 11.8 Å². The number of carbonyl (C=O) groups excluding carboxylic acids is 2. The minimum atomic E-state index is -0.118. The highest BCUT2D eigenvalue weighted by atomic mass is 35.5. The van der Waals surface area contributed by atoms with Crippen molar-refractivity contribution in [2.45, 2.75) is 39.2 Å². The van der Waals surface area contributed by atoms with Crippen LogP contribution >= 0.6 is 11.6 Å². The summed E-state index contributed by atoms with van der Waals surface area (Å²) in [5, 5.41) is 6.60. The third-order valence-corrected chi connectivity index (χ3v) is 5.36. The Morgan fingerprint density at radius 2 is 1.76 bits per heavy atom. The molecule has 3 N–H and O–H groups in total. The van der Waals surface area contributed by atoms with Gasteiger partial charge in [0.25, 0.3) is 11.8 Å². The third kappa shape index (κ3) is 6.33. The van der Waals surface area contributed by atoms with Gasteiger partial charge in [-0.15, -0.1) is 0 Å². The van der Waals surface area contributed by atoms with Crippen molar-refractivity contribution in [3.8, 4) is 0 Å². The van der Waals surface area contributed by atoms with E-state index in [1.54, 1.807) is 24.3 Å². The number of quaternary nitrogens is 1. The van der Waals surface area contributed by atoms with Gasteiger partial charge in [0.1, 0.15) is 0 Å². The maximum atomic E-state index is 12.3. The van der Waals surface area contributed by atoms with Crippen LogP contribution in [0, 0.1) is 11.8 Å². The number of nitrogens with one attached hydrogen (secondary N) is 3. The number of hydrogen-bond donors (Lipinski definition) is 3. The van der Waals surface area contributed by atoms with Gasteiger partial charge in [-0.05, 0) is 42.5 Å². The molecular weight excluding hydrogens is 338 g/mol. The Kier molecular flexibility index (Phi) is 7.26. The highest BCUT2D eigenvalue weighted by molar-refractivity contribution is 6.30. The molecule has 0 bridgehead atoms. The smallest absolute Gasteiger partial charge is 0.279 e. The van der Waals surface area contributed by atoms with Crippen molar-refractivity contribution in [1.29, 1.82) is 0 Å². The Morgan fingerprint density at radius 1 is 1.12 bits per heavy atom. The lowest BCUT2D eigenvalue weighted by Gasteiger charge is -2.34. The average Bonchev–Trinajstić information content (AvgIpc) is 2.53. The van der Waals surface area contributed by atoms with E-state index in [2.05, 4.69) is 24.5 Å². The Hall–Kier alpha value is -1.59. The van der Waals surface area contributed by atoms with E-state index in [0.29, 0.717) is 29.1 Å². The number of hydrogen-bond acceptors (Lipinski definition) is 2. The molecular formula is C19H29ClN3O2+. The number of benzene rings is 1. The SMILES string of the molecule is C[C@@H]1[C@H](C)CCC[C@@H]1NC(=O)C[NH+](C)CC(=O)Nc1ccc(Cl)cc1. The lowest BCUT2D eigenvalue weighted by atomic mass is 9.78. The largest absolute Gasteiger partial charge is 0.348 e. The predicted octanol–water partition coefficient (Wildman–Crippen LogP) is 1.73. The molecule has 25 heavy (non-hydrogen) atoms. The normalized spacial score (nSPS) is 24.4. The first-order chi connectivity index (χ1) is 11.8. The standard InChI is InChI=1S/C19H28ClN3O2/c1-13-5-4-6-17(14(13)2)22-19(25)12-23(3)11-18(24)21-16-9-7-15(20)8-10-16/h7-10,13-14,17H,4-6,11-12H2,1-3H3,(H,21,24)(H,22,25)/p+1/t13-,14-,17+/m1/s1. The average molecular weight is 367 g/mol. The van der Waals surface area contributed by atoms with Crippen LogP contribution in [-0.2, 0) is 9.59 Å². The molecule has 1 unspecified atom stereocenters. The quantitative estimate of drug-likeness (QED) is 0.718. The van der Waals surface area contributed by atoms with E-state index < -0.39 is 0 Å². The molecule has 5 nitrogen and oxygen atoms in total. The zero-order chi connectivity index (χ0) is 18.4. The van der Waals surface area contributed by atoms with Crippen LogP contribution in [0.5, 0.6) is 0 Å². The van der Waals surface area contributed by atoms with Crippen molar-refractivity contribution >= 4 is 29.1 Å². The molecule has 2 amide bonds. The van der Waals surface area contributed by atoms with Crippen molar-refractivity contribution in [2.75, 3.05) is 25.5 Å². The minimum absolute atomic E-state index is 0.0164. The van der Waals surface area contributed by atoms with Crippen molar-refractivity contribution in [3.05, 3.63) is 29.3 Å². The molecule has 6 heteroatoms. The lowest BCUT2D eigenvalue weighted by Crippen LogP contribution is -3.11. The first kappa shape index (κ1) is 19.7. The molecule has 138 valence electrons. The van der Waals surface area contributed by atoms with Gasteiger partial charge in [0.05, 0.1) is 7.05 Å². The van der Waals surface area contributed by atoms with Crippen LogP contribution in [0.25, 0.3) is 0 Å². The summed E-state index contributed by atoms with van der Waals surface area (Å²) >= 11 is 5.83. The van der Waals surface area contributed by atoms with E-state index in [0.717, 1.165) is 11.3 Å². The molecule has 1 fully saturated rings. The first-order valence-corrected chi connectivity index (χ1v) is 9.39. The molecule has 1 aliphatic rings. The second kappa shape index (κ2) is 9.20. The van der Waals surface area contributed by atoms with Crippen LogP contribution in [0.2, 0.25) is 5.02 Å². The van der Waals surface area contributed by atoms with E-state index >= 15 is 0 Å². The van der Waals surface area contributed by atoms with Crippen molar-refractivity contribution in [1.82, 2.24) is 5.32 Å². The van der Waals surface area contributed by atoms with Crippen LogP contribution in [0.1, 0.15) is 33.1 Å². The second-order valence-electron chi connectivity index (χ2n) is 7.31. The number of halogens is 1. The van der Waals surface area contributed by atoms with Crippen LogP contribution in [-0.4, -0.2) is 38.0 Å². The Morgan fingerprint density at radius 3 is 2.44 bits per heavy atom. The molecule has 2 rings (SSSR count). The van der Waals surface area contributed by atoms with Crippen LogP contribution in [0.3, 0.4) is 0 Å². The van der Waals surface area contributed by atoms with Gasteiger partial charge in [0, 0.05) is 16.8 Å². The number of carbonyl (C=O) groups is 2. The summed E-state index contributed by atoms with van der Waals surface area (Å²) in [4.78, 5) is 25.2. The third-order valence-electron chi connectivity index (χ3n) is 5.11. The number of anilines is 1. The Bertz CT molecular complexity index is 591. The van der Waals surface area contributed by atoms with Crippen LogP contribution < -0.4 is 15.5 Å². The lowest BCUT2D eigenvalue weighted by molar-refractivity contribution is -0.862. The first-order valence-electron chi connectivity index (χ1n) is 9.01. The molecule has 1 aliphatic carbocycles. The fourth-order valence-corrected chi connectivity index (χ4v) is 3.52. The maximum Gasteiger partial charge on any atom is 0.279 e. The summed E-state index contributed by atoms with van der Waals surface area (Å²) in [6, 6.07) is 7.23. The molecule has 0 saturated heterocycles. The summed E-state index contributed by atoms with van der Waals surface area (Å²) in [6.45, 7) is 5.00. The van der Waals surface area contributed by atoms with Gasteiger partial charge in [-0.3, -0.25) is 9.59 Å². The highest BCUT2D eigenvalue weighted by Crippen LogP contribution is 2.29. The van der Waals surface area contributed by atoms with E-state index in [9.17, 15) is 9.59 Å². The van der Waals surface area contributed by atoms with E-state index in [1.165, 1.54) is 12.8 Å². The second-order valence-corrected chi connectivity index (χ2v) is 7.74. The monoisotopic (exact) mass is 366 g/mol. The van der Waals surface area contributed by atoms with Gasteiger partial charge >= 0.3 is 0 Å². The van der Waals surface area contributed by atoms with Crippen molar-refractivity contribution < 1.29 is 14.5 Å². The molecule has 0 aliphatic heterocycles. The summed E-state index contributed by atoms with van der Waals surface area (Å²) < 4.78 is 0. The van der Waals surface area contributed by atoms with E-state index in [4.69, 9.17) is 11.6 Å². The topological polar surface area (TPSA) is 62.6 Å². The van der Waals surface area contributed by atoms with E-state index in [-0.39, 0.29) is 24.4 Å². The summed E-state index contributed by atoms with van der Waals surface area (Å²) in [5.41, 5.74) is 0.705. The zero-order valence-electron chi connectivity index (χ0n) is 15.3. The van der Waals surface area contributed by atoms with Crippen LogP contribution in [0.15, 0.2) is 24.3 Å². The molecule has 0 aromatic heterocycles. The molecule has 1 aromatic carbocycles. The Labute approximate surface area is 155 Å². The fourth-order valence-electron chi connectivity index (χ4n) is 3.39. The molecule has 0 radical (unpaired) electrons. The minimum Gasteiger partial charge on any atom is -0.348 e. The Balaban J connectivity index is 1.75. The number of likely N-dealkylation sites (N-methyl/N-ethyl adjacent to an activating group) is 1. The zero-order valence-corrected chi connectivity index (χ0v) is 16.0. The predicted molar refractivity (Wildman–Crippen MR) is 101 cm³/mol. The molecule has 1 saturated carbocycles. The van der Waals surface area contributed by atoms with Gasteiger partial charge in [-0.25, -0.2) is 0 Å². The molecule has 1 aromatic rings. The fraction of sp³-hybridized carbons (Fsp3) is 0.579. The molecule has 4 atom stereocenters. The van der Waals surface area contributed by atoms with Gasteiger partial charge in [0.2, 0.25) is 0 Å². The van der Waals surface area contributed by atoms with Gasteiger partial charge in [-0.2, -0.15) is 0 Å². The molecule has 0 heterocycles. The highest BCUT2D eigenvalue weighted by Gasteiger charge is 2.28. The number of rotatable bonds is 6. The molecule has 0 spiro atoms. The summed E-state index contributed by atoms with van der Waals surface area (Å²) in [5.74, 6) is 1.05. The summed E-state index contributed by atoms with van der Waals surface area (Å²) in [7, 11) is 1.86. The van der Waals surface area contributed by atoms with Crippen molar-refractivity contribution in [3.63, 3.8) is 0 Å². The van der Waals surface area contributed by atoms with Crippen LogP contribution in [0.4, 0.5) is 5.69 Å². The van der Waals surface area contributed by atoms with E-state index in [1.807, 2.05) is 7.05 Å². The number of amides is 2. The van der Waals surface area contributed by atoms with Gasteiger partial charge in [0.15, 0.2) is 13.1 Å². The summed E-state index contributed by atoms with van der Waals surface area (Å²) in [6.07, 6.45) is 3.46. The maximum absolute atomic E-state index is 12.3. The van der Waals surface area contributed by atoms with Gasteiger partial charge in [-0.1, -0.05) is 38.3 Å².